The Hall–Kier alpha value is -2.36. The molecule has 0 atom stereocenters. The quantitative estimate of drug-likeness (QED) is 0.850. The highest BCUT2D eigenvalue weighted by Crippen LogP contribution is 2.38. The Labute approximate surface area is 146 Å². The fraction of sp³-hybridized carbons (Fsp3) is 0.400. The van der Waals surface area contributed by atoms with E-state index in [-0.39, 0.29) is 21.5 Å². The van der Waals surface area contributed by atoms with Crippen LogP contribution in [-0.4, -0.2) is 29.0 Å². The third-order valence-electron chi connectivity index (χ3n) is 2.79. The van der Waals surface area contributed by atoms with Crippen molar-refractivity contribution in [3.05, 3.63) is 23.8 Å². The number of benzene rings is 1. The van der Waals surface area contributed by atoms with Crippen LogP contribution in [0.1, 0.15) is 26.3 Å². The molecule has 2 rings (SSSR count). The summed E-state index contributed by atoms with van der Waals surface area (Å²) >= 11 is 0.908. The van der Waals surface area contributed by atoms with E-state index >= 15 is 0 Å². The van der Waals surface area contributed by atoms with Crippen LogP contribution < -0.4 is 10.1 Å². The zero-order chi connectivity index (χ0) is 18.8. The van der Waals surface area contributed by atoms with Gasteiger partial charge >= 0.3 is 12.3 Å². The highest BCUT2D eigenvalue weighted by Gasteiger charge is 2.31. The number of halogens is 3. The van der Waals surface area contributed by atoms with E-state index in [9.17, 15) is 18.0 Å². The molecule has 0 spiro atoms. The molecular weight excluding hydrogens is 359 g/mol. The number of anilines is 1. The van der Waals surface area contributed by atoms with Crippen LogP contribution in [0.5, 0.6) is 5.75 Å². The molecule has 0 saturated heterocycles. The van der Waals surface area contributed by atoms with Crippen LogP contribution in [0.25, 0.3) is 10.6 Å². The number of alkyl halides is 3. The first-order valence-corrected chi connectivity index (χ1v) is 7.90. The highest BCUT2D eigenvalue weighted by molar-refractivity contribution is 7.18. The number of rotatable bonds is 3. The second kappa shape index (κ2) is 6.87. The number of methoxy groups -OCH3 is 1. The number of carbonyl (C=O) groups is 1. The molecule has 0 aliphatic heterocycles. The van der Waals surface area contributed by atoms with Gasteiger partial charge in [0.15, 0.2) is 5.01 Å². The molecule has 136 valence electrons. The van der Waals surface area contributed by atoms with Gasteiger partial charge in [0.1, 0.15) is 11.4 Å². The summed E-state index contributed by atoms with van der Waals surface area (Å²) in [6.07, 6.45) is -5.23. The lowest BCUT2D eigenvalue weighted by molar-refractivity contribution is -0.137. The molecule has 0 aliphatic carbocycles. The molecule has 1 aromatic heterocycles. The van der Waals surface area contributed by atoms with Crippen LogP contribution in [0.3, 0.4) is 0 Å². The lowest BCUT2D eigenvalue weighted by Gasteiger charge is -2.18. The van der Waals surface area contributed by atoms with Crippen molar-refractivity contribution in [3.63, 3.8) is 0 Å². The maximum absolute atomic E-state index is 12.9. The predicted octanol–water partition coefficient (Wildman–Crippen LogP) is 4.58. The van der Waals surface area contributed by atoms with Crippen LogP contribution in [0, 0.1) is 0 Å². The summed E-state index contributed by atoms with van der Waals surface area (Å²) in [5, 5.41) is 10.2. The molecule has 6 nitrogen and oxygen atoms in total. The molecule has 0 saturated carbocycles. The Kier molecular flexibility index (Phi) is 5.21. The lowest BCUT2D eigenvalue weighted by Crippen LogP contribution is -2.27. The molecule has 1 amide bonds. The molecule has 0 aliphatic rings. The van der Waals surface area contributed by atoms with Gasteiger partial charge in [0.2, 0.25) is 5.13 Å². The number of hydrogen-bond acceptors (Lipinski definition) is 6. The van der Waals surface area contributed by atoms with Crippen molar-refractivity contribution >= 4 is 22.6 Å². The van der Waals surface area contributed by atoms with Crippen molar-refractivity contribution in [1.29, 1.82) is 0 Å². The van der Waals surface area contributed by atoms with Crippen molar-refractivity contribution in [1.82, 2.24) is 10.2 Å². The van der Waals surface area contributed by atoms with E-state index in [1.54, 1.807) is 20.8 Å². The van der Waals surface area contributed by atoms with Crippen LogP contribution in [0.2, 0.25) is 0 Å². The summed E-state index contributed by atoms with van der Waals surface area (Å²) in [4.78, 5) is 11.7. The Morgan fingerprint density at radius 2 is 1.88 bits per heavy atom. The molecule has 0 bridgehead atoms. The zero-order valence-corrected chi connectivity index (χ0v) is 14.7. The molecule has 25 heavy (non-hydrogen) atoms. The van der Waals surface area contributed by atoms with Crippen molar-refractivity contribution < 1.29 is 27.4 Å². The first kappa shape index (κ1) is 19.0. The van der Waals surface area contributed by atoms with Crippen LogP contribution in [0.15, 0.2) is 18.2 Å². The fourth-order valence-electron chi connectivity index (χ4n) is 1.82. The van der Waals surface area contributed by atoms with E-state index in [0.29, 0.717) is 0 Å². The largest absolute Gasteiger partial charge is 0.496 e. The molecule has 1 N–H and O–H groups in total. The SMILES string of the molecule is COc1ccc(C(F)(F)F)cc1-c1nnc(NC(=O)OC(C)(C)C)s1. The second-order valence-corrected chi connectivity index (χ2v) is 6.93. The molecule has 0 radical (unpaired) electrons. The minimum atomic E-state index is -4.50. The Bertz CT molecular complexity index is 769. The van der Waals surface area contributed by atoms with Gasteiger partial charge in [-0.25, -0.2) is 4.79 Å². The number of ether oxygens (including phenoxy) is 2. The summed E-state index contributed by atoms with van der Waals surface area (Å²) in [6.45, 7) is 5.10. The number of aromatic nitrogens is 2. The van der Waals surface area contributed by atoms with Gasteiger partial charge in [-0.15, -0.1) is 10.2 Å². The highest BCUT2D eigenvalue weighted by atomic mass is 32.1. The standard InChI is InChI=1S/C15H16F3N3O3S/c1-14(2,3)24-13(22)19-12-21-20-11(25-12)9-7-8(15(16,17)18)5-6-10(9)23-4/h5-7H,1-4H3,(H,19,21,22). The van der Waals surface area contributed by atoms with E-state index in [2.05, 4.69) is 15.5 Å². The number of carbonyl (C=O) groups excluding carboxylic acids is 1. The number of nitrogens with zero attached hydrogens (tertiary/aromatic N) is 2. The second-order valence-electron chi connectivity index (χ2n) is 5.95. The minimum absolute atomic E-state index is 0.101. The Balaban J connectivity index is 2.28. The lowest BCUT2D eigenvalue weighted by atomic mass is 10.1. The molecule has 1 aromatic carbocycles. The maximum Gasteiger partial charge on any atom is 0.416 e. The molecular formula is C15H16F3N3O3S. The van der Waals surface area contributed by atoms with E-state index in [1.807, 2.05) is 0 Å². The van der Waals surface area contributed by atoms with E-state index in [1.165, 1.54) is 13.2 Å². The van der Waals surface area contributed by atoms with Crippen molar-refractivity contribution in [3.8, 4) is 16.3 Å². The molecule has 1 heterocycles. The summed E-state index contributed by atoms with van der Waals surface area (Å²) in [5.41, 5.74) is -1.39. The average Bonchev–Trinajstić information content (AvgIpc) is 2.91. The predicted molar refractivity (Wildman–Crippen MR) is 86.8 cm³/mol. The van der Waals surface area contributed by atoms with Crippen LogP contribution in [0.4, 0.5) is 23.1 Å². The van der Waals surface area contributed by atoms with E-state index in [0.717, 1.165) is 23.5 Å². The first-order chi connectivity index (χ1) is 11.5. The molecule has 0 fully saturated rings. The van der Waals surface area contributed by atoms with Crippen molar-refractivity contribution in [2.75, 3.05) is 12.4 Å². The smallest absolute Gasteiger partial charge is 0.416 e. The minimum Gasteiger partial charge on any atom is -0.496 e. The number of hydrogen-bond donors (Lipinski definition) is 1. The number of amides is 1. The van der Waals surface area contributed by atoms with Gasteiger partial charge in [0.05, 0.1) is 18.2 Å². The van der Waals surface area contributed by atoms with Gasteiger partial charge < -0.3 is 9.47 Å². The van der Waals surface area contributed by atoms with Gasteiger partial charge in [0, 0.05) is 0 Å². The molecule has 0 unspecified atom stereocenters. The van der Waals surface area contributed by atoms with Gasteiger partial charge in [-0.1, -0.05) is 11.3 Å². The third kappa shape index (κ3) is 5.05. The normalized spacial score (nSPS) is 12.0. The average molecular weight is 375 g/mol. The van der Waals surface area contributed by atoms with Gasteiger partial charge in [-0.05, 0) is 39.0 Å². The van der Waals surface area contributed by atoms with Gasteiger partial charge in [0.25, 0.3) is 0 Å². The van der Waals surface area contributed by atoms with Crippen molar-refractivity contribution in [2.45, 2.75) is 32.5 Å². The zero-order valence-electron chi connectivity index (χ0n) is 13.9. The summed E-state index contributed by atoms with van der Waals surface area (Å²) in [6, 6.07) is 3.06. The van der Waals surface area contributed by atoms with Crippen molar-refractivity contribution in [2.24, 2.45) is 0 Å². The Morgan fingerprint density at radius 3 is 2.44 bits per heavy atom. The topological polar surface area (TPSA) is 73.3 Å². The van der Waals surface area contributed by atoms with E-state index in [4.69, 9.17) is 9.47 Å². The summed E-state index contributed by atoms with van der Waals surface area (Å²) in [7, 11) is 1.34. The van der Waals surface area contributed by atoms with E-state index < -0.39 is 23.4 Å². The molecule has 2 aromatic rings. The molecule has 10 heteroatoms. The van der Waals surface area contributed by atoms with Gasteiger partial charge in [-0.3, -0.25) is 5.32 Å². The number of nitrogens with one attached hydrogen (secondary N) is 1. The summed E-state index contributed by atoms with van der Waals surface area (Å²) < 4.78 is 48.9. The third-order valence-corrected chi connectivity index (χ3v) is 3.66. The summed E-state index contributed by atoms with van der Waals surface area (Å²) in [5.74, 6) is 0.216. The maximum atomic E-state index is 12.9. The first-order valence-electron chi connectivity index (χ1n) is 7.09. The van der Waals surface area contributed by atoms with Crippen LogP contribution in [-0.2, 0) is 10.9 Å². The van der Waals surface area contributed by atoms with Gasteiger partial charge in [-0.2, -0.15) is 13.2 Å². The van der Waals surface area contributed by atoms with Crippen LogP contribution >= 0.6 is 11.3 Å². The monoisotopic (exact) mass is 375 g/mol. The fourth-order valence-corrected chi connectivity index (χ4v) is 2.58. The Morgan fingerprint density at radius 1 is 1.20 bits per heavy atom.